The molecular weight excluding hydrogens is 142 g/mol. The van der Waals surface area contributed by atoms with Crippen molar-refractivity contribution < 1.29 is 0 Å². The molecule has 0 heterocycles. The maximum Gasteiger partial charge on any atom is 0.0132 e. The van der Waals surface area contributed by atoms with E-state index in [2.05, 4.69) is 20.8 Å². The second-order valence-corrected chi connectivity index (χ2v) is 4.37. The van der Waals surface area contributed by atoms with Crippen molar-refractivity contribution in [2.75, 3.05) is 11.5 Å². The number of thioether (sulfide) groups is 1. The van der Waals surface area contributed by atoms with Crippen molar-refractivity contribution in [1.82, 2.24) is 0 Å². The molecule has 0 aliphatic carbocycles. The molecule has 0 spiro atoms. The Morgan fingerprint density at radius 1 is 1.40 bits per heavy atom. The molecule has 1 nitrogen and oxygen atoms in total. The molecule has 0 saturated carbocycles. The third-order valence-corrected chi connectivity index (χ3v) is 2.38. The van der Waals surface area contributed by atoms with E-state index in [9.17, 15) is 0 Å². The fraction of sp³-hybridized carbons (Fsp3) is 1.00. The van der Waals surface area contributed by atoms with Gasteiger partial charge in [-0.05, 0) is 18.1 Å². The highest BCUT2D eigenvalue weighted by molar-refractivity contribution is 7.99. The van der Waals surface area contributed by atoms with Crippen LogP contribution in [0.15, 0.2) is 0 Å². The van der Waals surface area contributed by atoms with Gasteiger partial charge in [-0.3, -0.25) is 0 Å². The lowest BCUT2D eigenvalue weighted by Crippen LogP contribution is -2.24. The molecule has 1 atom stereocenters. The minimum Gasteiger partial charge on any atom is -0.327 e. The summed E-state index contributed by atoms with van der Waals surface area (Å²) in [6, 6.07) is 0.407. The fourth-order valence-electron chi connectivity index (χ4n) is 0.943. The van der Waals surface area contributed by atoms with Gasteiger partial charge in [-0.2, -0.15) is 11.8 Å². The second kappa shape index (κ2) is 6.05. The predicted octanol–water partition coefficient (Wildman–Crippen LogP) is 2.11. The zero-order valence-corrected chi connectivity index (χ0v) is 8.08. The summed E-state index contributed by atoms with van der Waals surface area (Å²) >= 11 is 1.93. The Balaban J connectivity index is 3.16. The smallest absolute Gasteiger partial charge is 0.0132 e. The van der Waals surface area contributed by atoms with E-state index in [4.69, 9.17) is 5.73 Å². The predicted molar refractivity (Wildman–Crippen MR) is 50.4 cm³/mol. The van der Waals surface area contributed by atoms with E-state index in [0.717, 1.165) is 18.1 Å². The van der Waals surface area contributed by atoms with Crippen LogP contribution in [0.3, 0.4) is 0 Å². The van der Waals surface area contributed by atoms with Crippen LogP contribution in [0.4, 0.5) is 0 Å². The quantitative estimate of drug-likeness (QED) is 0.668. The normalized spacial score (nSPS) is 14.1. The molecule has 0 aliphatic rings. The summed E-state index contributed by atoms with van der Waals surface area (Å²) < 4.78 is 0. The van der Waals surface area contributed by atoms with Crippen LogP contribution < -0.4 is 5.73 Å². The van der Waals surface area contributed by atoms with E-state index in [0.29, 0.717) is 6.04 Å². The van der Waals surface area contributed by atoms with Crippen molar-refractivity contribution in [3.05, 3.63) is 0 Å². The van der Waals surface area contributed by atoms with Gasteiger partial charge in [0.1, 0.15) is 0 Å². The van der Waals surface area contributed by atoms with Crippen LogP contribution in [0.2, 0.25) is 0 Å². The van der Waals surface area contributed by atoms with Crippen LogP contribution in [0.5, 0.6) is 0 Å². The number of hydrogen-bond donors (Lipinski definition) is 1. The Morgan fingerprint density at radius 3 is 2.40 bits per heavy atom. The van der Waals surface area contributed by atoms with Crippen molar-refractivity contribution in [3.8, 4) is 0 Å². The Labute approximate surface area is 68.8 Å². The van der Waals surface area contributed by atoms with Gasteiger partial charge in [-0.25, -0.2) is 0 Å². The summed E-state index contributed by atoms with van der Waals surface area (Å²) in [5.41, 5.74) is 5.84. The van der Waals surface area contributed by atoms with Crippen LogP contribution in [-0.4, -0.2) is 17.5 Å². The maximum absolute atomic E-state index is 5.84. The Bertz CT molecular complexity index is 73.7. The fourth-order valence-corrected chi connectivity index (χ4v) is 1.62. The van der Waals surface area contributed by atoms with Crippen molar-refractivity contribution in [1.29, 1.82) is 0 Å². The van der Waals surface area contributed by atoms with E-state index in [1.165, 1.54) is 5.75 Å². The van der Waals surface area contributed by atoms with E-state index in [-0.39, 0.29) is 0 Å². The molecular formula is C8H19NS. The van der Waals surface area contributed by atoms with Crippen molar-refractivity contribution >= 4 is 11.8 Å². The third-order valence-electron chi connectivity index (χ3n) is 1.31. The molecule has 2 heteroatoms. The molecule has 0 radical (unpaired) electrons. The van der Waals surface area contributed by atoms with Gasteiger partial charge in [-0.1, -0.05) is 20.8 Å². The highest BCUT2D eigenvalue weighted by Crippen LogP contribution is 2.08. The zero-order chi connectivity index (χ0) is 7.98. The topological polar surface area (TPSA) is 26.0 Å². The first kappa shape index (κ1) is 10.3. The molecule has 62 valence electrons. The molecule has 0 rings (SSSR count). The highest BCUT2D eigenvalue weighted by atomic mass is 32.2. The Kier molecular flexibility index (Phi) is 6.24. The van der Waals surface area contributed by atoms with Crippen molar-refractivity contribution in [2.24, 2.45) is 11.7 Å². The standard InChI is InChI=1S/C8H19NS/c1-4-10-6-8(9)5-7(2)3/h7-8H,4-6,9H2,1-3H3. The monoisotopic (exact) mass is 161 g/mol. The van der Waals surface area contributed by atoms with Crippen molar-refractivity contribution in [2.45, 2.75) is 33.2 Å². The summed E-state index contributed by atoms with van der Waals surface area (Å²) in [5, 5.41) is 0. The second-order valence-electron chi connectivity index (χ2n) is 3.05. The van der Waals surface area contributed by atoms with Gasteiger partial charge >= 0.3 is 0 Å². The SMILES string of the molecule is CCSCC(N)CC(C)C. The molecule has 0 aliphatic heterocycles. The molecule has 0 aromatic rings. The van der Waals surface area contributed by atoms with Gasteiger partial charge in [0.15, 0.2) is 0 Å². The largest absolute Gasteiger partial charge is 0.327 e. The van der Waals surface area contributed by atoms with Crippen molar-refractivity contribution in [3.63, 3.8) is 0 Å². The van der Waals surface area contributed by atoms with Gasteiger partial charge in [0, 0.05) is 11.8 Å². The first-order chi connectivity index (χ1) is 4.66. The van der Waals surface area contributed by atoms with Crippen LogP contribution in [0.25, 0.3) is 0 Å². The molecule has 2 N–H and O–H groups in total. The van der Waals surface area contributed by atoms with E-state index in [1.54, 1.807) is 0 Å². The van der Waals surface area contributed by atoms with Gasteiger partial charge in [0.2, 0.25) is 0 Å². The minimum absolute atomic E-state index is 0.407. The highest BCUT2D eigenvalue weighted by Gasteiger charge is 2.03. The Morgan fingerprint density at radius 2 is 2.00 bits per heavy atom. The average Bonchev–Trinajstić information content (AvgIpc) is 1.82. The van der Waals surface area contributed by atoms with Gasteiger partial charge < -0.3 is 5.73 Å². The average molecular weight is 161 g/mol. The molecule has 0 saturated heterocycles. The van der Waals surface area contributed by atoms with Crippen LogP contribution >= 0.6 is 11.8 Å². The minimum atomic E-state index is 0.407. The summed E-state index contributed by atoms with van der Waals surface area (Å²) in [7, 11) is 0. The summed E-state index contributed by atoms with van der Waals surface area (Å²) in [6.07, 6.45) is 1.16. The zero-order valence-electron chi connectivity index (χ0n) is 7.26. The molecule has 0 amide bonds. The van der Waals surface area contributed by atoms with Gasteiger partial charge in [-0.15, -0.1) is 0 Å². The number of hydrogen-bond acceptors (Lipinski definition) is 2. The molecule has 1 unspecified atom stereocenters. The van der Waals surface area contributed by atoms with Crippen LogP contribution in [-0.2, 0) is 0 Å². The lowest BCUT2D eigenvalue weighted by Gasteiger charge is -2.12. The lowest BCUT2D eigenvalue weighted by atomic mass is 10.1. The summed E-state index contributed by atoms with van der Waals surface area (Å²) in [6.45, 7) is 6.61. The lowest BCUT2D eigenvalue weighted by molar-refractivity contribution is 0.524. The number of nitrogens with two attached hydrogens (primary N) is 1. The summed E-state index contributed by atoms with van der Waals surface area (Å²) in [4.78, 5) is 0. The van der Waals surface area contributed by atoms with Gasteiger partial charge in [0.25, 0.3) is 0 Å². The molecule has 0 aromatic carbocycles. The number of rotatable bonds is 5. The van der Waals surface area contributed by atoms with E-state index < -0.39 is 0 Å². The summed E-state index contributed by atoms with van der Waals surface area (Å²) in [5.74, 6) is 3.05. The van der Waals surface area contributed by atoms with Gasteiger partial charge in [0.05, 0.1) is 0 Å². The van der Waals surface area contributed by atoms with Crippen LogP contribution in [0.1, 0.15) is 27.2 Å². The van der Waals surface area contributed by atoms with E-state index in [1.807, 2.05) is 11.8 Å². The molecule has 0 fully saturated rings. The maximum atomic E-state index is 5.84. The first-order valence-corrected chi connectivity index (χ1v) is 5.15. The molecule has 10 heavy (non-hydrogen) atoms. The third kappa shape index (κ3) is 6.43. The Hall–Kier alpha value is 0.310. The first-order valence-electron chi connectivity index (χ1n) is 4.00. The van der Waals surface area contributed by atoms with Crippen LogP contribution in [0, 0.1) is 5.92 Å². The molecule has 0 aromatic heterocycles. The van der Waals surface area contributed by atoms with E-state index >= 15 is 0 Å². The molecule has 0 bridgehead atoms.